The van der Waals surface area contributed by atoms with Crippen molar-refractivity contribution in [2.75, 3.05) is 12.8 Å². The maximum atomic E-state index is 13.2. The summed E-state index contributed by atoms with van der Waals surface area (Å²) in [6.07, 6.45) is 0.744. The number of hydrogen-bond donors (Lipinski definition) is 2. The average Bonchev–Trinajstić information content (AvgIpc) is 2.37. The molecule has 0 heterocycles. The molecule has 0 aromatic heterocycles. The number of ether oxygens (including phenoxy) is 1. The highest BCUT2D eigenvalue weighted by molar-refractivity contribution is 5.99. The summed E-state index contributed by atoms with van der Waals surface area (Å²) in [5.74, 6) is -2.66. The van der Waals surface area contributed by atoms with Crippen molar-refractivity contribution >= 4 is 11.6 Å². The molecule has 0 bridgehead atoms. The number of nitrogens with one attached hydrogen (secondary N) is 1. The van der Waals surface area contributed by atoms with E-state index in [9.17, 15) is 13.6 Å². The third-order valence-electron chi connectivity index (χ3n) is 4.10. The van der Waals surface area contributed by atoms with E-state index in [1.807, 2.05) is 13.8 Å². The van der Waals surface area contributed by atoms with Crippen molar-refractivity contribution in [2.45, 2.75) is 32.4 Å². The van der Waals surface area contributed by atoms with Gasteiger partial charge in [-0.3, -0.25) is 4.79 Å². The van der Waals surface area contributed by atoms with Gasteiger partial charge in [0.25, 0.3) is 5.91 Å². The van der Waals surface area contributed by atoms with Crippen LogP contribution in [0.15, 0.2) is 12.1 Å². The molecule has 4 nitrogen and oxygen atoms in total. The molecule has 20 heavy (non-hydrogen) atoms. The Labute approximate surface area is 116 Å². The summed E-state index contributed by atoms with van der Waals surface area (Å²) in [5, 5.41) is 2.79. The minimum Gasteiger partial charge on any atom is -0.398 e. The molecule has 2 unspecified atom stereocenters. The number of rotatable bonds is 3. The monoisotopic (exact) mass is 284 g/mol. The fraction of sp³-hybridized carbons (Fsp3) is 0.500. The number of benzene rings is 1. The van der Waals surface area contributed by atoms with Gasteiger partial charge in [-0.15, -0.1) is 0 Å². The van der Waals surface area contributed by atoms with Crippen LogP contribution in [-0.2, 0) is 4.74 Å². The Bertz CT molecular complexity index is 546. The molecule has 2 rings (SSSR count). The van der Waals surface area contributed by atoms with Gasteiger partial charge in [-0.25, -0.2) is 8.78 Å². The zero-order chi connectivity index (χ0) is 15.1. The molecular formula is C14H18F2N2O2. The summed E-state index contributed by atoms with van der Waals surface area (Å²) in [7, 11) is 1.62. The standard InChI is InChI=1S/C14H18F2N2O2/c1-14(2)11(6-12(14)20-3)18-13(19)7-4-8(15)9(16)5-10(7)17/h4-5,11-12H,6,17H2,1-3H3,(H,18,19). The predicted octanol–water partition coefficient (Wildman–Crippen LogP) is 2.09. The Kier molecular flexibility index (Phi) is 3.69. The SMILES string of the molecule is COC1CC(NC(=O)c2cc(F)c(F)cc2N)C1(C)C. The lowest BCUT2D eigenvalue weighted by atomic mass is 9.64. The number of methoxy groups -OCH3 is 1. The maximum absolute atomic E-state index is 13.2. The summed E-state index contributed by atoms with van der Waals surface area (Å²) in [6.45, 7) is 3.95. The van der Waals surface area contributed by atoms with Crippen LogP contribution in [0.3, 0.4) is 0 Å². The Morgan fingerprint density at radius 3 is 2.55 bits per heavy atom. The zero-order valence-corrected chi connectivity index (χ0v) is 11.7. The van der Waals surface area contributed by atoms with Gasteiger partial charge in [0.05, 0.1) is 11.7 Å². The summed E-state index contributed by atoms with van der Waals surface area (Å²) < 4.78 is 31.5. The van der Waals surface area contributed by atoms with Crippen molar-refractivity contribution < 1.29 is 18.3 Å². The Hall–Kier alpha value is -1.69. The van der Waals surface area contributed by atoms with E-state index in [-0.39, 0.29) is 28.8 Å². The van der Waals surface area contributed by atoms with Gasteiger partial charge in [0.2, 0.25) is 0 Å². The lowest BCUT2D eigenvalue weighted by Crippen LogP contribution is -2.61. The molecular weight excluding hydrogens is 266 g/mol. The summed E-state index contributed by atoms with van der Waals surface area (Å²) in [4.78, 5) is 12.1. The van der Waals surface area contributed by atoms with E-state index in [0.717, 1.165) is 12.1 Å². The summed E-state index contributed by atoms with van der Waals surface area (Å²) in [6, 6.07) is 1.54. The van der Waals surface area contributed by atoms with Crippen LogP contribution in [0.5, 0.6) is 0 Å². The van der Waals surface area contributed by atoms with Gasteiger partial charge >= 0.3 is 0 Å². The molecule has 0 radical (unpaired) electrons. The molecule has 1 amide bonds. The number of hydrogen-bond acceptors (Lipinski definition) is 3. The predicted molar refractivity (Wildman–Crippen MR) is 71.2 cm³/mol. The Morgan fingerprint density at radius 2 is 2.00 bits per heavy atom. The van der Waals surface area contributed by atoms with Gasteiger partial charge < -0.3 is 15.8 Å². The maximum Gasteiger partial charge on any atom is 0.253 e. The van der Waals surface area contributed by atoms with Crippen LogP contribution in [0, 0.1) is 17.0 Å². The molecule has 1 aliphatic rings. The number of nitrogen functional groups attached to an aromatic ring is 1. The molecule has 2 atom stereocenters. The number of nitrogens with two attached hydrogens (primary N) is 1. The van der Waals surface area contributed by atoms with Crippen molar-refractivity contribution in [3.63, 3.8) is 0 Å². The summed E-state index contributed by atoms with van der Waals surface area (Å²) in [5.41, 5.74) is 5.21. The van der Waals surface area contributed by atoms with Crippen LogP contribution in [-0.4, -0.2) is 25.2 Å². The van der Waals surface area contributed by atoms with E-state index in [0.29, 0.717) is 6.42 Å². The van der Waals surface area contributed by atoms with Crippen LogP contribution in [0.4, 0.5) is 14.5 Å². The van der Waals surface area contributed by atoms with E-state index < -0.39 is 17.5 Å². The van der Waals surface area contributed by atoms with E-state index in [1.54, 1.807) is 7.11 Å². The molecule has 1 aromatic carbocycles. The first-order valence-corrected chi connectivity index (χ1v) is 6.35. The van der Waals surface area contributed by atoms with Crippen molar-refractivity contribution in [1.82, 2.24) is 5.32 Å². The molecule has 1 aliphatic carbocycles. The second kappa shape index (κ2) is 5.01. The van der Waals surface area contributed by atoms with Crippen LogP contribution >= 0.6 is 0 Å². The van der Waals surface area contributed by atoms with Crippen LogP contribution in [0.2, 0.25) is 0 Å². The second-order valence-electron chi connectivity index (χ2n) is 5.66. The van der Waals surface area contributed by atoms with E-state index in [2.05, 4.69) is 5.32 Å². The number of carbonyl (C=O) groups is 1. The molecule has 3 N–H and O–H groups in total. The minimum absolute atomic E-state index is 0.0550. The highest BCUT2D eigenvalue weighted by Gasteiger charge is 2.49. The first-order valence-electron chi connectivity index (χ1n) is 6.35. The van der Waals surface area contributed by atoms with Gasteiger partial charge in [-0.1, -0.05) is 13.8 Å². The van der Waals surface area contributed by atoms with Crippen LogP contribution in [0.25, 0.3) is 0 Å². The smallest absolute Gasteiger partial charge is 0.253 e. The lowest BCUT2D eigenvalue weighted by Gasteiger charge is -2.51. The highest BCUT2D eigenvalue weighted by Crippen LogP contribution is 2.42. The Morgan fingerprint density at radius 1 is 1.40 bits per heavy atom. The fourth-order valence-electron chi connectivity index (χ4n) is 2.53. The quantitative estimate of drug-likeness (QED) is 0.835. The molecule has 1 aromatic rings. The minimum atomic E-state index is -1.09. The van der Waals surface area contributed by atoms with Gasteiger partial charge in [-0.05, 0) is 12.5 Å². The van der Waals surface area contributed by atoms with Gasteiger partial charge in [0.15, 0.2) is 11.6 Å². The van der Waals surface area contributed by atoms with Crippen molar-refractivity contribution in [3.05, 3.63) is 29.3 Å². The zero-order valence-electron chi connectivity index (χ0n) is 11.7. The largest absolute Gasteiger partial charge is 0.398 e. The molecule has 0 aliphatic heterocycles. The van der Waals surface area contributed by atoms with Gasteiger partial charge in [0, 0.05) is 30.3 Å². The number of halogens is 2. The van der Waals surface area contributed by atoms with E-state index in [4.69, 9.17) is 10.5 Å². The average molecular weight is 284 g/mol. The number of carbonyl (C=O) groups excluding carboxylic acids is 1. The van der Waals surface area contributed by atoms with Gasteiger partial charge in [-0.2, -0.15) is 0 Å². The third-order valence-corrected chi connectivity index (χ3v) is 4.10. The number of amides is 1. The lowest BCUT2D eigenvalue weighted by molar-refractivity contribution is -0.0942. The first-order chi connectivity index (χ1) is 9.27. The third kappa shape index (κ3) is 2.35. The molecule has 6 heteroatoms. The van der Waals surface area contributed by atoms with E-state index in [1.165, 1.54) is 0 Å². The normalized spacial score (nSPS) is 24.1. The van der Waals surface area contributed by atoms with Crippen LogP contribution < -0.4 is 11.1 Å². The highest BCUT2D eigenvalue weighted by atomic mass is 19.2. The number of anilines is 1. The fourth-order valence-corrected chi connectivity index (χ4v) is 2.53. The molecule has 110 valence electrons. The van der Waals surface area contributed by atoms with Crippen LogP contribution in [0.1, 0.15) is 30.6 Å². The second-order valence-corrected chi connectivity index (χ2v) is 5.66. The van der Waals surface area contributed by atoms with Crippen molar-refractivity contribution in [3.8, 4) is 0 Å². The molecule has 1 fully saturated rings. The van der Waals surface area contributed by atoms with Crippen molar-refractivity contribution in [2.24, 2.45) is 5.41 Å². The van der Waals surface area contributed by atoms with Gasteiger partial charge in [0.1, 0.15) is 0 Å². The Balaban J connectivity index is 2.13. The molecule has 0 spiro atoms. The van der Waals surface area contributed by atoms with E-state index >= 15 is 0 Å². The molecule has 0 saturated heterocycles. The summed E-state index contributed by atoms with van der Waals surface area (Å²) >= 11 is 0. The van der Waals surface area contributed by atoms with Crippen molar-refractivity contribution in [1.29, 1.82) is 0 Å². The molecule has 1 saturated carbocycles. The topological polar surface area (TPSA) is 64.3 Å². The first kappa shape index (κ1) is 14.7.